The number of nitrogens with zero attached hydrogens (tertiary/aromatic N) is 4. The van der Waals surface area contributed by atoms with Crippen molar-refractivity contribution in [1.82, 2.24) is 19.8 Å². The molecule has 1 saturated carbocycles. The predicted molar refractivity (Wildman–Crippen MR) is 150 cm³/mol. The van der Waals surface area contributed by atoms with Crippen molar-refractivity contribution in [1.29, 1.82) is 0 Å². The van der Waals surface area contributed by atoms with Gasteiger partial charge in [-0.05, 0) is 82.8 Å². The van der Waals surface area contributed by atoms with E-state index in [4.69, 9.17) is 0 Å². The van der Waals surface area contributed by atoms with Crippen molar-refractivity contribution < 1.29 is 17.6 Å². The highest BCUT2D eigenvalue weighted by Gasteiger charge is 2.44. The maximum absolute atomic E-state index is 13.9. The minimum Gasteiger partial charge on any atom is -0.358 e. The average molecular weight is 554 g/mol. The van der Waals surface area contributed by atoms with Crippen LogP contribution in [0.25, 0.3) is 10.9 Å². The van der Waals surface area contributed by atoms with Crippen molar-refractivity contribution in [3.8, 4) is 0 Å². The highest BCUT2D eigenvalue weighted by atomic mass is 32.2. The topological polar surface area (TPSA) is 95.5 Å². The lowest BCUT2D eigenvalue weighted by atomic mass is 9.81. The molecule has 8 nitrogen and oxygen atoms in total. The molecule has 0 unspecified atom stereocenters. The van der Waals surface area contributed by atoms with Crippen LogP contribution in [0.4, 0.5) is 10.2 Å². The van der Waals surface area contributed by atoms with Crippen LogP contribution in [0.1, 0.15) is 39.5 Å². The van der Waals surface area contributed by atoms with Crippen molar-refractivity contribution in [3.63, 3.8) is 0 Å². The van der Waals surface area contributed by atoms with Crippen molar-refractivity contribution in [2.75, 3.05) is 24.7 Å². The number of hydrogen-bond acceptors (Lipinski definition) is 7. The van der Waals surface area contributed by atoms with Crippen LogP contribution >= 0.6 is 0 Å². The standard InChI is InChI=1S/C29H36FN5O3S/c1-19(2)34(3)22-10-12-27(20(15-22)17-39(37,38)23-7-5-4-6-8-23)35-14-13-26(29(35)36)33-28-24-16-21(30)9-11-25(24)31-18-32-28/h4-9,11,16,18-20,22,26-27H,10,12-15,17H2,1-3H3,(H,31,32,33)/t20-,22+,26-,27-/m0/s1. The third-order valence-corrected chi connectivity index (χ3v) is 10.2. The van der Waals surface area contributed by atoms with Crippen LogP contribution < -0.4 is 5.32 Å². The molecule has 2 aliphatic rings. The van der Waals surface area contributed by atoms with E-state index in [1.807, 2.05) is 4.90 Å². The molecule has 1 saturated heterocycles. The smallest absolute Gasteiger partial charge is 0.245 e. The molecule has 1 amide bonds. The summed E-state index contributed by atoms with van der Waals surface area (Å²) < 4.78 is 40.8. The van der Waals surface area contributed by atoms with E-state index in [0.717, 1.165) is 12.8 Å². The van der Waals surface area contributed by atoms with E-state index in [0.29, 0.717) is 47.0 Å². The second-order valence-electron chi connectivity index (χ2n) is 11.0. The maximum atomic E-state index is 13.9. The van der Waals surface area contributed by atoms with Crippen LogP contribution in [-0.4, -0.2) is 77.6 Å². The highest BCUT2D eigenvalue weighted by molar-refractivity contribution is 7.91. The Morgan fingerprint density at radius 2 is 1.87 bits per heavy atom. The predicted octanol–water partition coefficient (Wildman–Crippen LogP) is 4.13. The number of rotatable bonds is 8. The van der Waals surface area contributed by atoms with Crippen molar-refractivity contribution >= 4 is 32.5 Å². The molecule has 3 aromatic rings. The van der Waals surface area contributed by atoms with Gasteiger partial charge >= 0.3 is 0 Å². The van der Waals surface area contributed by atoms with Crippen molar-refractivity contribution in [2.45, 2.75) is 68.6 Å². The molecule has 1 aliphatic carbocycles. The summed E-state index contributed by atoms with van der Waals surface area (Å²) in [5, 5.41) is 3.75. The fourth-order valence-corrected chi connectivity index (χ4v) is 7.77. The molecule has 0 radical (unpaired) electrons. The van der Waals surface area contributed by atoms with Gasteiger partial charge in [0.05, 0.1) is 16.2 Å². The molecule has 2 aromatic carbocycles. The van der Waals surface area contributed by atoms with Crippen molar-refractivity contribution in [2.24, 2.45) is 5.92 Å². The molecular formula is C29H36FN5O3S. The Morgan fingerprint density at radius 1 is 1.10 bits per heavy atom. The number of amides is 1. The van der Waals surface area contributed by atoms with Crippen LogP contribution in [0.2, 0.25) is 0 Å². The Bertz CT molecular complexity index is 1440. The average Bonchev–Trinajstić information content (AvgIpc) is 3.28. The zero-order valence-corrected chi connectivity index (χ0v) is 23.4. The Morgan fingerprint density at radius 3 is 2.62 bits per heavy atom. The quantitative estimate of drug-likeness (QED) is 0.448. The highest BCUT2D eigenvalue weighted by Crippen LogP contribution is 2.36. The minimum absolute atomic E-state index is 0.00180. The molecule has 208 valence electrons. The van der Waals surface area contributed by atoms with Gasteiger partial charge in [0.25, 0.3) is 0 Å². The van der Waals surface area contributed by atoms with Crippen LogP contribution in [0, 0.1) is 11.7 Å². The van der Waals surface area contributed by atoms with E-state index in [1.165, 1.54) is 18.5 Å². The van der Waals surface area contributed by atoms with E-state index in [9.17, 15) is 17.6 Å². The van der Waals surface area contributed by atoms with Gasteiger partial charge in [0.1, 0.15) is 24.0 Å². The largest absolute Gasteiger partial charge is 0.358 e. The first-order valence-corrected chi connectivity index (χ1v) is 15.3. The number of anilines is 1. The summed E-state index contributed by atoms with van der Waals surface area (Å²) >= 11 is 0. The molecular weight excluding hydrogens is 517 g/mol. The number of hydrogen-bond donors (Lipinski definition) is 1. The maximum Gasteiger partial charge on any atom is 0.245 e. The van der Waals surface area contributed by atoms with Gasteiger partial charge in [0.15, 0.2) is 9.84 Å². The molecule has 0 bridgehead atoms. The zero-order chi connectivity index (χ0) is 27.7. The van der Waals surface area contributed by atoms with Gasteiger partial charge in [-0.1, -0.05) is 18.2 Å². The molecule has 10 heteroatoms. The summed E-state index contributed by atoms with van der Waals surface area (Å²) in [4.78, 5) is 26.7. The number of fused-ring (bicyclic) bond motifs is 1. The molecule has 2 heterocycles. The third kappa shape index (κ3) is 5.77. The molecule has 1 aromatic heterocycles. The molecule has 5 rings (SSSR count). The Kier molecular flexibility index (Phi) is 7.87. The zero-order valence-electron chi connectivity index (χ0n) is 22.6. The number of likely N-dealkylation sites (tertiary alicyclic amines) is 1. The number of nitrogens with one attached hydrogen (secondary N) is 1. The number of carbonyl (C=O) groups is 1. The fourth-order valence-electron chi connectivity index (χ4n) is 6.08. The van der Waals surface area contributed by atoms with Gasteiger partial charge in [-0.25, -0.2) is 22.8 Å². The first-order chi connectivity index (χ1) is 18.6. The first kappa shape index (κ1) is 27.5. The van der Waals surface area contributed by atoms with Gasteiger partial charge < -0.3 is 15.1 Å². The van der Waals surface area contributed by atoms with E-state index in [1.54, 1.807) is 36.4 Å². The van der Waals surface area contributed by atoms with Crippen LogP contribution in [0.5, 0.6) is 0 Å². The molecule has 2 fully saturated rings. The summed E-state index contributed by atoms with van der Waals surface area (Å²) in [7, 11) is -1.43. The van der Waals surface area contributed by atoms with Crippen molar-refractivity contribution in [3.05, 3.63) is 60.7 Å². The van der Waals surface area contributed by atoms with Gasteiger partial charge in [-0.3, -0.25) is 4.79 Å². The fraction of sp³-hybridized carbons (Fsp3) is 0.483. The lowest BCUT2D eigenvalue weighted by Gasteiger charge is -2.44. The number of carbonyl (C=O) groups excluding carboxylic acids is 1. The summed E-state index contributed by atoms with van der Waals surface area (Å²) in [6.07, 6.45) is 4.32. The number of sulfone groups is 1. The Hall–Kier alpha value is -3.11. The summed E-state index contributed by atoms with van der Waals surface area (Å²) in [5.74, 6) is -0.231. The second kappa shape index (κ2) is 11.2. The van der Waals surface area contributed by atoms with E-state index in [2.05, 4.69) is 41.1 Å². The van der Waals surface area contributed by atoms with Crippen LogP contribution in [0.3, 0.4) is 0 Å². The summed E-state index contributed by atoms with van der Waals surface area (Å²) in [5.41, 5.74) is 0.593. The van der Waals surface area contributed by atoms with Gasteiger partial charge in [-0.15, -0.1) is 0 Å². The summed E-state index contributed by atoms with van der Waals surface area (Å²) in [6, 6.07) is 12.8. The Labute approximate surface area is 229 Å². The Balaban J connectivity index is 1.37. The van der Waals surface area contributed by atoms with Gasteiger partial charge in [0.2, 0.25) is 5.91 Å². The second-order valence-corrected chi connectivity index (χ2v) is 13.1. The lowest BCUT2D eigenvalue weighted by molar-refractivity contribution is -0.132. The SMILES string of the molecule is CC(C)N(C)[C@@H]1CC[C@H](N2CC[C@H](Nc3ncnc4ccc(F)cc34)C2=O)[C@H](CS(=O)(=O)c2ccccc2)C1. The van der Waals surface area contributed by atoms with E-state index < -0.39 is 21.7 Å². The summed E-state index contributed by atoms with van der Waals surface area (Å²) in [6.45, 7) is 4.82. The lowest BCUT2D eigenvalue weighted by Crippen LogP contribution is -2.52. The van der Waals surface area contributed by atoms with Crippen LogP contribution in [0.15, 0.2) is 59.8 Å². The molecule has 1 N–H and O–H groups in total. The molecule has 0 spiro atoms. The number of halogens is 1. The monoisotopic (exact) mass is 553 g/mol. The van der Waals surface area contributed by atoms with Gasteiger partial charge in [0, 0.05) is 30.1 Å². The molecule has 4 atom stereocenters. The minimum atomic E-state index is -3.52. The van der Waals surface area contributed by atoms with E-state index >= 15 is 0 Å². The number of benzene rings is 2. The molecule has 1 aliphatic heterocycles. The van der Waals surface area contributed by atoms with Gasteiger partial charge in [-0.2, -0.15) is 0 Å². The first-order valence-electron chi connectivity index (χ1n) is 13.6. The van der Waals surface area contributed by atoms with Crippen LogP contribution in [-0.2, 0) is 14.6 Å². The molecule has 39 heavy (non-hydrogen) atoms. The number of aromatic nitrogens is 2. The third-order valence-electron chi connectivity index (χ3n) is 8.39. The van der Waals surface area contributed by atoms with E-state index in [-0.39, 0.29) is 29.7 Å². The normalized spacial score (nSPS) is 24.2.